The van der Waals surface area contributed by atoms with Gasteiger partial charge in [-0.25, -0.2) is 0 Å². The predicted octanol–water partition coefficient (Wildman–Crippen LogP) is 4.92. The molecule has 4 atom stereocenters. The van der Waals surface area contributed by atoms with Crippen molar-refractivity contribution in [1.29, 1.82) is 0 Å². The second-order valence-electron chi connectivity index (χ2n) is 11.5. The van der Waals surface area contributed by atoms with Crippen molar-refractivity contribution in [3.8, 4) is 0 Å². The molecule has 0 bridgehead atoms. The largest absolute Gasteiger partial charge is 0.375 e. The maximum Gasteiger partial charge on any atom is 0.244 e. The van der Waals surface area contributed by atoms with E-state index in [-0.39, 0.29) is 42.5 Å². The van der Waals surface area contributed by atoms with Crippen molar-refractivity contribution in [2.24, 2.45) is 17.3 Å². The first kappa shape index (κ1) is 32.0. The molecule has 0 spiro atoms. The average molecular weight is 519 g/mol. The van der Waals surface area contributed by atoms with Crippen molar-refractivity contribution in [2.75, 3.05) is 14.1 Å². The Morgan fingerprint density at radius 3 is 2.17 bits per heavy atom. The third-order valence-corrected chi connectivity index (χ3v) is 7.23. The van der Waals surface area contributed by atoms with Crippen molar-refractivity contribution < 1.29 is 9.59 Å². The number of carbonyl (C=O) groups is 2. The molecular formula is C29H50N4O2S. The fraction of sp³-hybridized carbons (Fsp3) is 0.690. The molecule has 3 N–H and O–H groups in total. The normalized spacial score (nSPS) is 19.6. The van der Waals surface area contributed by atoms with Crippen LogP contribution in [0.25, 0.3) is 0 Å². The first-order valence-corrected chi connectivity index (χ1v) is 13.4. The number of carbonyl (C=O) groups excluding carboxylic acids is 2. The molecular weight excluding hydrogens is 468 g/mol. The van der Waals surface area contributed by atoms with Gasteiger partial charge in [0.25, 0.3) is 0 Å². The Bertz CT molecular complexity index is 835. The first-order valence-electron chi connectivity index (χ1n) is 13.0. The van der Waals surface area contributed by atoms with Crippen LogP contribution in [0.5, 0.6) is 0 Å². The van der Waals surface area contributed by atoms with Crippen LogP contribution in [0.15, 0.2) is 30.3 Å². The smallest absolute Gasteiger partial charge is 0.244 e. The van der Waals surface area contributed by atoms with E-state index >= 15 is 0 Å². The van der Waals surface area contributed by atoms with Crippen LogP contribution >= 0.6 is 12.2 Å². The number of likely N-dealkylation sites (N-methyl/N-ethyl adjacent to an activating group) is 1. The summed E-state index contributed by atoms with van der Waals surface area (Å²) >= 11 is 5.79. The molecule has 1 saturated carbocycles. The molecule has 0 heterocycles. The molecule has 204 valence electrons. The summed E-state index contributed by atoms with van der Waals surface area (Å²) in [6.07, 6.45) is 5.02. The fourth-order valence-corrected chi connectivity index (χ4v) is 5.00. The molecule has 0 aliphatic heterocycles. The van der Waals surface area contributed by atoms with Gasteiger partial charge in [0.05, 0.1) is 4.99 Å². The number of benzene rings is 1. The van der Waals surface area contributed by atoms with Gasteiger partial charge in [-0.05, 0) is 29.7 Å². The summed E-state index contributed by atoms with van der Waals surface area (Å²) in [5.41, 5.74) is 0.978. The van der Waals surface area contributed by atoms with E-state index in [1.165, 1.54) is 23.3 Å². The van der Waals surface area contributed by atoms with Crippen LogP contribution in [0.4, 0.5) is 0 Å². The molecule has 0 radical (unpaired) electrons. The third-order valence-electron chi connectivity index (χ3n) is 6.95. The summed E-state index contributed by atoms with van der Waals surface area (Å²) in [7, 11) is 3.44. The lowest BCUT2D eigenvalue weighted by molar-refractivity contribution is -0.138. The topological polar surface area (TPSA) is 73.5 Å². The highest BCUT2D eigenvalue weighted by molar-refractivity contribution is 7.80. The second kappa shape index (κ2) is 14.7. The highest BCUT2D eigenvalue weighted by Gasteiger charge is 2.36. The molecule has 1 aromatic rings. The van der Waals surface area contributed by atoms with Gasteiger partial charge in [0.2, 0.25) is 11.8 Å². The van der Waals surface area contributed by atoms with Crippen molar-refractivity contribution >= 4 is 29.0 Å². The molecule has 0 aromatic heterocycles. The third kappa shape index (κ3) is 9.81. The van der Waals surface area contributed by atoms with E-state index in [0.29, 0.717) is 12.5 Å². The summed E-state index contributed by atoms with van der Waals surface area (Å²) in [4.78, 5) is 28.3. The lowest BCUT2D eigenvalue weighted by Crippen LogP contribution is -2.54. The zero-order valence-corrected chi connectivity index (χ0v) is 23.5. The van der Waals surface area contributed by atoms with E-state index in [9.17, 15) is 9.59 Å². The highest BCUT2D eigenvalue weighted by atomic mass is 32.1. The van der Waals surface area contributed by atoms with Gasteiger partial charge in [-0.15, -0.1) is 0 Å². The fourth-order valence-electron chi connectivity index (χ4n) is 4.68. The number of rotatable bonds is 10. The number of nitrogens with zero attached hydrogens (tertiary/aromatic N) is 1. The SMILES string of the molecule is C.CC(C)[C@@H](NC(=O)[C@@H](CC(=S)N[C@H]1CCCC[C@@H]1NCc1ccccc1)C(C)(C)C)C(=O)N(C)C. The van der Waals surface area contributed by atoms with Crippen molar-refractivity contribution in [3.63, 3.8) is 0 Å². The van der Waals surface area contributed by atoms with Gasteiger partial charge in [0.1, 0.15) is 6.04 Å². The molecule has 6 nitrogen and oxygen atoms in total. The van der Waals surface area contributed by atoms with E-state index in [1.54, 1.807) is 14.1 Å². The van der Waals surface area contributed by atoms with Gasteiger partial charge in [-0.2, -0.15) is 0 Å². The lowest BCUT2D eigenvalue weighted by Gasteiger charge is -2.36. The zero-order valence-electron chi connectivity index (χ0n) is 22.7. The Kier molecular flexibility index (Phi) is 13.1. The van der Waals surface area contributed by atoms with Gasteiger partial charge in [-0.1, -0.05) is 97.4 Å². The summed E-state index contributed by atoms with van der Waals surface area (Å²) in [5, 5.41) is 10.3. The first-order chi connectivity index (χ1) is 16.4. The van der Waals surface area contributed by atoms with Crippen LogP contribution in [0, 0.1) is 17.3 Å². The van der Waals surface area contributed by atoms with Gasteiger partial charge < -0.3 is 20.9 Å². The minimum Gasteiger partial charge on any atom is -0.375 e. The molecule has 7 heteroatoms. The number of thiocarbonyl (C=S) groups is 1. The van der Waals surface area contributed by atoms with E-state index in [4.69, 9.17) is 12.2 Å². The van der Waals surface area contributed by atoms with Crippen LogP contribution in [0.3, 0.4) is 0 Å². The number of hydrogen-bond acceptors (Lipinski definition) is 4. The summed E-state index contributed by atoms with van der Waals surface area (Å²) < 4.78 is 0. The van der Waals surface area contributed by atoms with E-state index < -0.39 is 6.04 Å². The molecule has 1 aromatic carbocycles. The Morgan fingerprint density at radius 2 is 1.64 bits per heavy atom. The minimum absolute atomic E-state index is 0. The average Bonchev–Trinajstić information content (AvgIpc) is 2.79. The Morgan fingerprint density at radius 1 is 1.06 bits per heavy atom. The Balaban J connectivity index is 0.00000648. The summed E-state index contributed by atoms with van der Waals surface area (Å²) in [6.45, 7) is 10.9. The molecule has 0 saturated heterocycles. The standard InChI is InChI=1S/C28H46N4O2S.CH4/c1-19(2)25(27(34)32(6)7)31-26(33)21(28(3,4)5)17-24(35)30-23-16-12-11-15-22(23)29-18-20-13-9-8-10-14-20;/h8-10,13-14,19,21-23,25,29H,11-12,15-18H2,1-7H3,(H,30,35)(H,31,33);1H4/t21-,22+,23+,25-;/m1./s1. The maximum absolute atomic E-state index is 13.4. The van der Waals surface area contributed by atoms with E-state index in [0.717, 1.165) is 24.4 Å². The molecule has 1 fully saturated rings. The Labute approximate surface area is 225 Å². The van der Waals surface area contributed by atoms with E-state index in [2.05, 4.69) is 61.0 Å². The molecule has 0 unspecified atom stereocenters. The highest BCUT2D eigenvalue weighted by Crippen LogP contribution is 2.30. The Hall–Kier alpha value is -1.99. The van der Waals surface area contributed by atoms with Crippen LogP contribution in [0.2, 0.25) is 0 Å². The summed E-state index contributed by atoms with van der Waals surface area (Å²) in [5.74, 6) is -0.537. The van der Waals surface area contributed by atoms with Crippen molar-refractivity contribution in [3.05, 3.63) is 35.9 Å². The molecule has 36 heavy (non-hydrogen) atoms. The second-order valence-corrected chi connectivity index (χ2v) is 12.0. The minimum atomic E-state index is -0.547. The lowest BCUT2D eigenvalue weighted by atomic mass is 9.77. The van der Waals surface area contributed by atoms with E-state index in [1.807, 2.05) is 19.9 Å². The zero-order chi connectivity index (χ0) is 26.2. The predicted molar refractivity (Wildman–Crippen MR) is 155 cm³/mol. The van der Waals surface area contributed by atoms with Gasteiger partial charge in [0.15, 0.2) is 0 Å². The van der Waals surface area contributed by atoms with Gasteiger partial charge in [-0.3, -0.25) is 9.59 Å². The number of hydrogen-bond donors (Lipinski definition) is 3. The summed E-state index contributed by atoms with van der Waals surface area (Å²) in [6, 6.07) is 10.5. The number of amides is 2. The van der Waals surface area contributed by atoms with Gasteiger partial charge >= 0.3 is 0 Å². The van der Waals surface area contributed by atoms with Crippen LogP contribution in [-0.4, -0.2) is 53.9 Å². The number of nitrogens with one attached hydrogen (secondary N) is 3. The molecule has 2 rings (SSSR count). The van der Waals surface area contributed by atoms with Crippen molar-refractivity contribution in [1.82, 2.24) is 20.9 Å². The van der Waals surface area contributed by atoms with Crippen LogP contribution < -0.4 is 16.0 Å². The molecule has 1 aliphatic rings. The van der Waals surface area contributed by atoms with Gasteiger partial charge in [0, 0.05) is 45.1 Å². The monoisotopic (exact) mass is 518 g/mol. The quantitative estimate of drug-likeness (QED) is 0.383. The molecule has 2 amide bonds. The van der Waals surface area contributed by atoms with Crippen molar-refractivity contribution in [2.45, 2.75) is 98.8 Å². The van der Waals surface area contributed by atoms with Crippen LogP contribution in [-0.2, 0) is 16.1 Å². The van der Waals surface area contributed by atoms with Crippen LogP contribution in [0.1, 0.15) is 79.7 Å². The molecule has 1 aliphatic carbocycles. The maximum atomic E-state index is 13.4.